The normalized spacial score (nSPS) is 12.9. The summed E-state index contributed by atoms with van der Waals surface area (Å²) >= 11 is 0. The van der Waals surface area contributed by atoms with E-state index in [2.05, 4.69) is 254 Å². The van der Waals surface area contributed by atoms with E-state index in [1.54, 1.807) is 0 Å². The van der Waals surface area contributed by atoms with Crippen LogP contribution in [0.5, 0.6) is 23.0 Å². The highest BCUT2D eigenvalue weighted by atomic mass is 19.1. The molecule has 0 aliphatic carbocycles. The number of unbranched alkanes of at least 4 members (excludes halogenated alkanes) is 1. The van der Waals surface area contributed by atoms with Crippen LogP contribution < -0.4 is 0 Å². The number of aromatic nitrogens is 2. The molecule has 0 bridgehead atoms. The molecule has 0 saturated heterocycles. The van der Waals surface area contributed by atoms with Gasteiger partial charge in [0.15, 0.2) is 0 Å². The Kier molecular flexibility index (Phi) is 18.3. The fourth-order valence-electron chi connectivity index (χ4n) is 15.1. The summed E-state index contributed by atoms with van der Waals surface area (Å²) in [6.07, 6.45) is 2.93. The fraction of sp³-hybridized carbons (Fsp3) is 0.405. The van der Waals surface area contributed by atoms with Crippen molar-refractivity contribution < 1.29 is 27.7 Å². The van der Waals surface area contributed by atoms with Gasteiger partial charge in [-0.3, -0.25) is 0 Å². The second-order valence-electron chi connectivity index (χ2n) is 31.7. The average Bonchev–Trinajstić information content (AvgIpc) is 1.51. The van der Waals surface area contributed by atoms with Gasteiger partial charge in [-0.15, -0.1) is 0 Å². The molecule has 2 heterocycles. The molecule has 0 amide bonds. The summed E-state index contributed by atoms with van der Waals surface area (Å²) in [6, 6.07) is 41.4. The Morgan fingerprint density at radius 3 is 0.946 bits per heavy atom. The lowest BCUT2D eigenvalue weighted by Gasteiger charge is -2.35. The number of hydrogen-bond donors (Lipinski definition) is 2. The number of fused-ring (bicyclic) bond motifs is 6. The van der Waals surface area contributed by atoms with E-state index >= 15 is 8.78 Å². The van der Waals surface area contributed by atoms with Crippen molar-refractivity contribution in [3.8, 4) is 56.6 Å². The van der Waals surface area contributed by atoms with Crippen molar-refractivity contribution in [3.63, 3.8) is 0 Å². The molecule has 0 unspecified atom stereocenters. The number of rotatable bonds is 19. The van der Waals surface area contributed by atoms with Crippen LogP contribution in [0, 0.1) is 50.5 Å². The third-order valence-electron chi connectivity index (χ3n) is 19.1. The zero-order valence-electron chi connectivity index (χ0n) is 58.9. The summed E-state index contributed by atoms with van der Waals surface area (Å²) in [7, 11) is 9.16. The number of aromatic hydroxyl groups is 2. The van der Waals surface area contributed by atoms with Gasteiger partial charge in [-0.25, -0.2) is 8.78 Å². The number of hydrogen-bond acceptors (Lipinski definition) is 2. The summed E-state index contributed by atoms with van der Waals surface area (Å²) in [5.74, 6) is 1.65. The Morgan fingerprint density at radius 1 is 0.402 bits per heavy atom. The Bertz CT molecular complexity index is 4020. The Balaban J connectivity index is 1.05. The van der Waals surface area contributed by atoms with Crippen LogP contribution in [0.15, 0.2) is 121 Å². The van der Waals surface area contributed by atoms with E-state index in [4.69, 9.17) is 0 Å². The molecule has 0 saturated carbocycles. The zero-order valence-corrected chi connectivity index (χ0v) is 58.9. The van der Waals surface area contributed by atoms with Gasteiger partial charge in [-0.05, 0) is 192 Å². The van der Waals surface area contributed by atoms with E-state index in [9.17, 15) is 10.2 Å². The Labute approximate surface area is 548 Å². The fourth-order valence-corrected chi connectivity index (χ4v) is 15.1. The van der Waals surface area contributed by atoms with Crippen molar-refractivity contribution in [2.75, 3.05) is 13.2 Å². The minimum absolute atomic E-state index is 0.0314. The second-order valence-corrected chi connectivity index (χ2v) is 31.7. The molecule has 486 valence electrons. The third-order valence-corrected chi connectivity index (χ3v) is 19.1. The molecule has 8 heteroatoms. The maximum absolute atomic E-state index is 16.3. The van der Waals surface area contributed by atoms with Crippen molar-refractivity contribution in [1.29, 1.82) is 0 Å². The van der Waals surface area contributed by atoms with E-state index in [-0.39, 0.29) is 56.8 Å². The van der Waals surface area contributed by atoms with Crippen LogP contribution in [0.25, 0.3) is 77.2 Å². The highest BCUT2D eigenvalue weighted by molar-refractivity contribution is 6.11. The van der Waals surface area contributed by atoms with Crippen molar-refractivity contribution in [3.05, 3.63) is 192 Å². The van der Waals surface area contributed by atoms with Crippen molar-refractivity contribution >= 4 is 43.6 Å². The second kappa shape index (κ2) is 25.0. The SMILES string of the molecule is [CH2-][O+](CCCC[O+]([CH2-])c1c(C)cc(F)cc1-c1cc(C(C)(C)CC(C)(C)C)cc(-n2c3cc(C(C)C)ccc3c3ccc(C(C)C)cc32)c1O)c1c(C)cc(F)cc1-c1cc(C(C)(C)CC(C)(C)C)cc(-n2c3cc(C(C)C)ccc3c3ccc(C(C)C)cc32)c1O. The number of benzene rings is 8. The van der Waals surface area contributed by atoms with Gasteiger partial charge in [-0.1, -0.05) is 173 Å². The predicted octanol–water partition coefficient (Wildman–Crippen LogP) is 25.0. The van der Waals surface area contributed by atoms with Crippen LogP contribution in [0.2, 0.25) is 0 Å². The van der Waals surface area contributed by atoms with Crippen molar-refractivity contribution in [2.24, 2.45) is 10.8 Å². The average molecular weight is 1240 g/mol. The number of phenols is 2. The van der Waals surface area contributed by atoms with Gasteiger partial charge < -0.3 is 28.1 Å². The zero-order chi connectivity index (χ0) is 67.2. The first kappa shape index (κ1) is 67.3. The molecule has 10 rings (SSSR count). The van der Waals surface area contributed by atoms with Crippen LogP contribution in [-0.2, 0) is 19.6 Å². The molecule has 6 nitrogen and oxygen atoms in total. The first-order valence-corrected chi connectivity index (χ1v) is 33.5. The molecule has 8 aromatic carbocycles. The van der Waals surface area contributed by atoms with E-state index in [1.807, 2.05) is 13.8 Å². The molecule has 2 N–H and O–H groups in total. The summed E-state index contributed by atoms with van der Waals surface area (Å²) in [5.41, 5.74) is 14.7. The molecule has 0 aliphatic heterocycles. The molecule has 0 spiro atoms. The van der Waals surface area contributed by atoms with E-state index in [0.717, 1.165) is 67.6 Å². The van der Waals surface area contributed by atoms with Gasteiger partial charge in [-0.2, -0.15) is 0 Å². The van der Waals surface area contributed by atoms with Gasteiger partial charge in [0.2, 0.25) is 11.5 Å². The summed E-state index contributed by atoms with van der Waals surface area (Å²) in [6.45, 7) is 44.8. The molecule has 92 heavy (non-hydrogen) atoms. The minimum atomic E-state index is -0.415. The minimum Gasteiger partial charge on any atom is -0.711 e. The largest absolute Gasteiger partial charge is 0.711 e. The van der Waals surface area contributed by atoms with Gasteiger partial charge in [0.05, 0.1) is 44.6 Å². The van der Waals surface area contributed by atoms with E-state index < -0.39 is 11.6 Å². The Hall–Kier alpha value is -7.58. The van der Waals surface area contributed by atoms with Crippen LogP contribution in [0.1, 0.15) is 218 Å². The third kappa shape index (κ3) is 13.2. The summed E-state index contributed by atoms with van der Waals surface area (Å²) in [5, 5.41) is 30.8. The van der Waals surface area contributed by atoms with Gasteiger partial charge in [0.1, 0.15) is 36.3 Å². The molecule has 0 fully saturated rings. The van der Waals surface area contributed by atoms with Gasteiger partial charge in [0.25, 0.3) is 0 Å². The number of nitrogens with zero attached hydrogens (tertiary/aromatic N) is 2. The van der Waals surface area contributed by atoms with Crippen LogP contribution in [0.3, 0.4) is 0 Å². The summed E-state index contributed by atoms with van der Waals surface area (Å²) in [4.78, 5) is 0. The molecule has 2 aromatic heterocycles. The molecular weight excluding hydrogens is 1140 g/mol. The number of phenolic OH excluding ortho intramolecular Hbond substituents is 2. The quantitative estimate of drug-likeness (QED) is 0.0482. The standard InChI is InChI=1S/C84H102F2N2O4/c1-49(2)55-25-29-63-64-30-26-56(50(3)4)38-72(64)87(71(63)37-55)75-43-59(83(17,18)47-81(11,12)13)41-67(77(75)89)69-45-61(85)35-53(9)79(69)91(21)33-23-24-34-92(22)80-54(10)36-62(86)46-70(80)68-42-60(84(19,20)48-82(14,15)16)44-76(78(68)90)88-73-39-57(51(5)6)27-31-65(73)66-32-28-58(52(7)8)40-74(66)88/h25-32,35-46,49-52,89-90H,21-24,33-34,47-48H2,1-20H3. The van der Waals surface area contributed by atoms with Gasteiger partial charge >= 0.3 is 0 Å². The highest BCUT2D eigenvalue weighted by Gasteiger charge is 2.35. The van der Waals surface area contributed by atoms with Crippen LogP contribution in [-0.4, -0.2) is 32.6 Å². The monoisotopic (exact) mass is 1240 g/mol. The molecule has 0 radical (unpaired) electrons. The Morgan fingerprint density at radius 2 is 0.685 bits per heavy atom. The first-order chi connectivity index (χ1) is 42.9. The van der Waals surface area contributed by atoms with Crippen molar-refractivity contribution in [2.45, 2.75) is 199 Å². The lowest BCUT2D eigenvalue weighted by Crippen LogP contribution is -2.25. The number of aryl methyl sites for hydroxylation is 2. The van der Waals surface area contributed by atoms with E-state index in [1.165, 1.54) is 46.5 Å². The topological polar surface area (TPSA) is 55.7 Å². The summed E-state index contributed by atoms with van der Waals surface area (Å²) < 4.78 is 43.2. The maximum atomic E-state index is 16.3. The molecule has 0 atom stereocenters. The first-order valence-electron chi connectivity index (χ1n) is 33.5. The highest BCUT2D eigenvalue weighted by Crippen LogP contribution is 2.53. The van der Waals surface area contributed by atoms with Crippen molar-refractivity contribution in [1.82, 2.24) is 9.13 Å². The lowest BCUT2D eigenvalue weighted by molar-refractivity contribution is 0.00432. The van der Waals surface area contributed by atoms with Gasteiger partial charge in [0, 0.05) is 56.6 Å². The molecular formula is C84H102F2N2O4. The van der Waals surface area contributed by atoms with E-state index in [0.29, 0.717) is 82.3 Å². The molecule has 10 aromatic rings. The predicted molar refractivity (Wildman–Crippen MR) is 386 cm³/mol. The maximum Gasteiger partial charge on any atom is 0.237 e. The number of halogens is 2. The lowest BCUT2D eigenvalue weighted by atomic mass is 9.71. The van der Waals surface area contributed by atoms with Crippen LogP contribution >= 0.6 is 0 Å². The van der Waals surface area contributed by atoms with Crippen LogP contribution in [0.4, 0.5) is 8.78 Å². The molecule has 0 aliphatic rings. The smallest absolute Gasteiger partial charge is 0.237 e.